The van der Waals surface area contributed by atoms with Crippen LogP contribution in [-0.4, -0.2) is 69.8 Å². The number of nitrogens with one attached hydrogen (secondary N) is 1. The van der Waals surface area contributed by atoms with Crippen LogP contribution in [-0.2, 0) is 15.0 Å². The third-order valence-corrected chi connectivity index (χ3v) is 6.77. The Morgan fingerprint density at radius 3 is 2.52 bits per heavy atom. The van der Waals surface area contributed by atoms with E-state index in [0.29, 0.717) is 24.1 Å². The number of carboxylic acid groups (broad SMARTS) is 1. The van der Waals surface area contributed by atoms with Crippen molar-refractivity contribution < 1.29 is 34.4 Å². The van der Waals surface area contributed by atoms with Gasteiger partial charge >= 0.3 is 12.1 Å². The van der Waals surface area contributed by atoms with Crippen LogP contribution in [0.3, 0.4) is 0 Å². The van der Waals surface area contributed by atoms with Crippen molar-refractivity contribution in [3.63, 3.8) is 0 Å². The average Bonchev–Trinajstić information content (AvgIpc) is 2.74. The second-order valence-electron chi connectivity index (χ2n) is 9.08. The summed E-state index contributed by atoms with van der Waals surface area (Å²) in [5, 5.41) is 33.7. The highest BCUT2D eigenvalue weighted by molar-refractivity contribution is 5.83. The van der Waals surface area contributed by atoms with Gasteiger partial charge in [-0.05, 0) is 51.9 Å². The molecule has 0 radical (unpaired) electrons. The van der Waals surface area contributed by atoms with E-state index >= 15 is 0 Å². The second kappa shape index (κ2) is 10.5. The maximum absolute atomic E-state index is 12.5. The van der Waals surface area contributed by atoms with Crippen LogP contribution in [0.1, 0.15) is 64.0 Å². The lowest BCUT2D eigenvalue weighted by atomic mass is 9.53. The molecule has 33 heavy (non-hydrogen) atoms. The highest BCUT2D eigenvalue weighted by Crippen LogP contribution is 2.56. The van der Waals surface area contributed by atoms with Crippen LogP contribution in [0.25, 0.3) is 0 Å². The molecule has 1 aliphatic heterocycles. The molecule has 1 heterocycles. The number of benzene rings is 1. The number of aliphatic carboxylic acids is 1. The SMILES string of the molecule is CCC.Cc1ccc(OC(=O)NCC(=O)O)c(O)c1C12CCN(C)C(C)C1(O)CCC(=O)C2. The molecular weight excluding hydrogens is 428 g/mol. The molecule has 2 fully saturated rings. The van der Waals surface area contributed by atoms with Gasteiger partial charge in [-0.25, -0.2) is 4.79 Å². The van der Waals surface area contributed by atoms with Gasteiger partial charge in [-0.15, -0.1) is 0 Å². The minimum atomic E-state index is -1.25. The Morgan fingerprint density at radius 1 is 1.27 bits per heavy atom. The van der Waals surface area contributed by atoms with Gasteiger partial charge in [0.15, 0.2) is 11.5 Å². The molecular formula is C24H36N2O7. The number of amides is 1. The van der Waals surface area contributed by atoms with Crippen molar-refractivity contribution in [2.24, 2.45) is 0 Å². The molecule has 0 spiro atoms. The highest BCUT2D eigenvalue weighted by Gasteiger charge is 2.61. The van der Waals surface area contributed by atoms with Crippen molar-refractivity contribution in [2.75, 3.05) is 20.1 Å². The highest BCUT2D eigenvalue weighted by atomic mass is 16.6. The molecule has 4 N–H and O–H groups in total. The first-order valence-corrected chi connectivity index (χ1v) is 11.4. The smallest absolute Gasteiger partial charge is 0.413 e. The summed E-state index contributed by atoms with van der Waals surface area (Å²) < 4.78 is 5.13. The third kappa shape index (κ3) is 5.14. The normalized spacial score (nSPS) is 27.1. The van der Waals surface area contributed by atoms with E-state index in [1.807, 2.05) is 18.9 Å². The summed E-state index contributed by atoms with van der Waals surface area (Å²) in [4.78, 5) is 37.1. The summed E-state index contributed by atoms with van der Waals surface area (Å²) in [6.45, 7) is 7.94. The Kier molecular flexibility index (Phi) is 8.48. The van der Waals surface area contributed by atoms with Gasteiger partial charge in [0, 0.05) is 29.9 Å². The van der Waals surface area contributed by atoms with Gasteiger partial charge in [-0.3, -0.25) is 9.59 Å². The lowest BCUT2D eigenvalue weighted by Crippen LogP contribution is -2.69. The average molecular weight is 465 g/mol. The van der Waals surface area contributed by atoms with Crippen molar-refractivity contribution in [1.29, 1.82) is 0 Å². The number of hydrogen-bond donors (Lipinski definition) is 4. The number of nitrogens with zero attached hydrogens (tertiary/aromatic N) is 1. The number of piperidine rings is 1. The molecule has 1 saturated heterocycles. The molecule has 0 aromatic heterocycles. The van der Waals surface area contributed by atoms with Crippen LogP contribution < -0.4 is 10.1 Å². The van der Waals surface area contributed by atoms with Gasteiger partial charge in [-0.2, -0.15) is 0 Å². The lowest BCUT2D eigenvalue weighted by molar-refractivity contribution is -0.161. The predicted molar refractivity (Wildman–Crippen MR) is 123 cm³/mol. The number of carboxylic acids is 1. The Bertz CT molecular complexity index is 903. The number of fused-ring (bicyclic) bond motifs is 1. The number of aromatic hydroxyl groups is 1. The molecule has 1 aromatic carbocycles. The molecule has 1 aromatic rings. The van der Waals surface area contributed by atoms with Gasteiger partial charge in [0.25, 0.3) is 0 Å². The number of phenolic OH excluding ortho intramolecular Hbond substituents is 1. The van der Waals surface area contributed by atoms with Crippen LogP contribution in [0.15, 0.2) is 12.1 Å². The van der Waals surface area contributed by atoms with E-state index in [-0.39, 0.29) is 42.6 Å². The summed E-state index contributed by atoms with van der Waals surface area (Å²) in [6, 6.07) is 2.82. The number of ketones is 1. The van der Waals surface area contributed by atoms with Crippen LogP contribution in [0.2, 0.25) is 0 Å². The van der Waals surface area contributed by atoms with Crippen LogP contribution in [0, 0.1) is 6.92 Å². The fourth-order valence-electron chi connectivity index (χ4n) is 5.06. The third-order valence-electron chi connectivity index (χ3n) is 6.77. The lowest BCUT2D eigenvalue weighted by Gasteiger charge is -2.59. The molecule has 1 saturated carbocycles. The number of phenols is 1. The summed E-state index contributed by atoms with van der Waals surface area (Å²) in [6.07, 6.45) is 1.32. The summed E-state index contributed by atoms with van der Waals surface area (Å²) in [5.41, 5.74) is -1.18. The standard InChI is InChI=1S/C21H28N2O7.C3H8/c1-12-4-5-15(30-19(28)22-11-16(25)26)18(27)17(12)20-8-9-23(3)13(2)21(20,29)7-6-14(24)10-20;1-3-2/h4-5,13,27,29H,6-11H2,1-3H3,(H,22,28)(H,25,26);3H2,1-2H3. The van der Waals surface area contributed by atoms with E-state index in [1.165, 1.54) is 12.5 Å². The van der Waals surface area contributed by atoms with Crippen molar-refractivity contribution in [3.8, 4) is 11.5 Å². The predicted octanol–water partition coefficient (Wildman–Crippen LogP) is 2.74. The zero-order valence-corrected chi connectivity index (χ0v) is 20.1. The molecule has 9 nitrogen and oxygen atoms in total. The van der Waals surface area contributed by atoms with Gasteiger partial charge in [0.05, 0.1) is 5.60 Å². The monoisotopic (exact) mass is 464 g/mol. The number of Topliss-reactive ketones (excluding diaryl/α,β-unsaturated/α-hetero) is 1. The van der Waals surface area contributed by atoms with Gasteiger partial charge in [-0.1, -0.05) is 26.3 Å². The molecule has 1 aliphatic carbocycles. The quantitative estimate of drug-likeness (QED) is 0.534. The number of rotatable bonds is 4. The maximum Gasteiger partial charge on any atom is 0.413 e. The molecule has 0 bridgehead atoms. The Balaban J connectivity index is 0.00000122. The number of hydrogen-bond acceptors (Lipinski definition) is 7. The fraction of sp³-hybridized carbons (Fsp3) is 0.625. The number of ether oxygens (including phenoxy) is 1. The van der Waals surface area contributed by atoms with E-state index in [1.54, 1.807) is 13.0 Å². The molecule has 9 heteroatoms. The zero-order valence-electron chi connectivity index (χ0n) is 20.1. The Morgan fingerprint density at radius 2 is 1.91 bits per heavy atom. The molecule has 3 rings (SSSR count). The molecule has 3 atom stereocenters. The van der Waals surface area contributed by atoms with Gasteiger partial charge in [0.2, 0.25) is 0 Å². The largest absolute Gasteiger partial charge is 0.504 e. The van der Waals surface area contributed by atoms with Crippen LogP contribution in [0.5, 0.6) is 11.5 Å². The van der Waals surface area contributed by atoms with Gasteiger partial charge < -0.3 is 30.3 Å². The summed E-state index contributed by atoms with van der Waals surface area (Å²) in [5.74, 6) is -1.68. The maximum atomic E-state index is 12.5. The van der Waals surface area contributed by atoms with Gasteiger partial charge in [0.1, 0.15) is 12.3 Å². The molecule has 184 valence electrons. The van der Waals surface area contributed by atoms with Crippen LogP contribution in [0.4, 0.5) is 4.79 Å². The number of aliphatic hydroxyl groups is 1. The van der Waals surface area contributed by atoms with E-state index in [9.17, 15) is 24.6 Å². The first-order valence-electron chi connectivity index (χ1n) is 11.4. The van der Waals surface area contributed by atoms with Crippen LogP contribution >= 0.6 is 0 Å². The summed E-state index contributed by atoms with van der Waals surface area (Å²) in [7, 11) is 1.92. The minimum absolute atomic E-state index is 0.0146. The number of likely N-dealkylation sites (N-methyl/N-ethyl adjacent to an activating group) is 1. The topological polar surface area (TPSA) is 136 Å². The fourth-order valence-corrected chi connectivity index (χ4v) is 5.06. The van der Waals surface area contributed by atoms with E-state index in [0.717, 1.165) is 0 Å². The Labute approximate surface area is 194 Å². The summed E-state index contributed by atoms with van der Waals surface area (Å²) >= 11 is 0. The first kappa shape index (κ1) is 26.6. The number of carbonyl (C=O) groups is 3. The van der Waals surface area contributed by atoms with E-state index in [2.05, 4.69) is 19.2 Å². The number of likely N-dealkylation sites (tertiary alicyclic amines) is 1. The molecule has 1 amide bonds. The molecule has 2 aliphatic rings. The van der Waals surface area contributed by atoms with Crippen molar-refractivity contribution in [2.45, 2.75) is 76.9 Å². The second-order valence-corrected chi connectivity index (χ2v) is 9.08. The number of aryl methyl sites for hydroxylation is 1. The van der Waals surface area contributed by atoms with E-state index in [4.69, 9.17) is 9.84 Å². The van der Waals surface area contributed by atoms with E-state index < -0.39 is 29.6 Å². The minimum Gasteiger partial charge on any atom is -0.504 e. The molecule has 3 unspecified atom stereocenters. The van der Waals surface area contributed by atoms with Crippen molar-refractivity contribution in [1.82, 2.24) is 10.2 Å². The number of carbonyl (C=O) groups excluding carboxylic acids is 2. The van der Waals surface area contributed by atoms with Crippen molar-refractivity contribution >= 4 is 17.8 Å². The first-order chi connectivity index (χ1) is 15.4. The Hall–Kier alpha value is -2.65. The van der Waals surface area contributed by atoms with Crippen molar-refractivity contribution in [3.05, 3.63) is 23.3 Å². The zero-order chi connectivity index (χ0) is 25.0.